The number of nitrogens with zero attached hydrogens (tertiary/aromatic N) is 2. The number of aromatic nitrogens is 1. The number of hydrogen-bond acceptors (Lipinski definition) is 2. The Morgan fingerprint density at radius 2 is 1.46 bits per heavy atom. The summed E-state index contributed by atoms with van der Waals surface area (Å²) in [5.74, 6) is 0. The number of benzene rings is 3. The van der Waals surface area contributed by atoms with Gasteiger partial charge in [0, 0.05) is 10.9 Å². The summed E-state index contributed by atoms with van der Waals surface area (Å²) in [4.78, 5) is 4.76. The Balaban J connectivity index is 1.76. The largest absolute Gasteiger partial charge is 0.248 e. The van der Waals surface area contributed by atoms with E-state index in [-0.39, 0.29) is 0 Å². The summed E-state index contributed by atoms with van der Waals surface area (Å²) < 4.78 is 0. The first-order valence-electron chi connectivity index (χ1n) is 7.80. The molecular weight excluding hydrogens is 292 g/mol. The fourth-order valence-corrected chi connectivity index (χ4v) is 2.82. The molecule has 2 heteroatoms. The molecule has 0 atom stereocenters. The third kappa shape index (κ3) is 2.64. The summed E-state index contributed by atoms with van der Waals surface area (Å²) in [6.45, 7) is 0. The van der Waals surface area contributed by atoms with Gasteiger partial charge in [-0.15, -0.1) is 0 Å². The third-order valence-corrected chi connectivity index (χ3v) is 4.10. The van der Waals surface area contributed by atoms with E-state index >= 15 is 0 Å². The van der Waals surface area contributed by atoms with E-state index in [1.807, 2.05) is 48.5 Å². The summed E-state index contributed by atoms with van der Waals surface area (Å²) in [7, 11) is 0. The minimum absolute atomic E-state index is 0.672. The first kappa shape index (κ1) is 14.2. The molecule has 0 aliphatic heterocycles. The normalized spacial score (nSPS) is 10.5. The highest BCUT2D eigenvalue weighted by molar-refractivity contribution is 5.82. The third-order valence-electron chi connectivity index (χ3n) is 4.10. The summed E-state index contributed by atoms with van der Waals surface area (Å²) in [5.41, 5.74) is 5.93. The Morgan fingerprint density at radius 3 is 2.29 bits per heavy atom. The highest BCUT2D eigenvalue weighted by atomic mass is 14.7. The molecule has 1 heterocycles. The van der Waals surface area contributed by atoms with Crippen molar-refractivity contribution in [1.82, 2.24) is 4.98 Å². The van der Waals surface area contributed by atoms with Crippen LogP contribution in [0.1, 0.15) is 5.56 Å². The van der Waals surface area contributed by atoms with Crippen molar-refractivity contribution >= 4 is 10.9 Å². The molecule has 0 saturated carbocycles. The number of fused-ring (bicyclic) bond motifs is 1. The lowest BCUT2D eigenvalue weighted by Gasteiger charge is -2.07. The van der Waals surface area contributed by atoms with Gasteiger partial charge in [0.25, 0.3) is 0 Å². The fraction of sp³-hybridized carbons (Fsp3) is 0. The number of rotatable bonds is 2. The Morgan fingerprint density at radius 1 is 0.667 bits per heavy atom. The molecule has 0 N–H and O–H groups in total. The van der Waals surface area contributed by atoms with E-state index in [1.165, 1.54) is 0 Å². The van der Waals surface area contributed by atoms with Crippen LogP contribution in [0.2, 0.25) is 0 Å². The van der Waals surface area contributed by atoms with Gasteiger partial charge in [-0.1, -0.05) is 54.6 Å². The highest BCUT2D eigenvalue weighted by Crippen LogP contribution is 2.26. The maximum atomic E-state index is 8.92. The van der Waals surface area contributed by atoms with E-state index in [0.717, 1.165) is 33.3 Å². The molecule has 0 aliphatic rings. The Labute approximate surface area is 140 Å². The van der Waals surface area contributed by atoms with E-state index in [1.54, 1.807) is 0 Å². The van der Waals surface area contributed by atoms with Crippen LogP contribution >= 0.6 is 0 Å². The lowest BCUT2D eigenvalue weighted by Crippen LogP contribution is -1.86. The number of para-hydroxylation sites is 1. The highest BCUT2D eigenvalue weighted by Gasteiger charge is 2.04. The number of pyridine rings is 1. The molecule has 1 aromatic heterocycles. The average molecular weight is 306 g/mol. The van der Waals surface area contributed by atoms with Crippen LogP contribution in [0, 0.1) is 11.3 Å². The van der Waals surface area contributed by atoms with E-state index in [9.17, 15) is 0 Å². The van der Waals surface area contributed by atoms with Gasteiger partial charge in [-0.2, -0.15) is 5.26 Å². The van der Waals surface area contributed by atoms with Crippen molar-refractivity contribution in [1.29, 1.82) is 5.26 Å². The second-order valence-electron chi connectivity index (χ2n) is 5.66. The summed E-state index contributed by atoms with van der Waals surface area (Å²) in [6.07, 6.45) is 0. The average Bonchev–Trinajstić information content (AvgIpc) is 2.68. The van der Waals surface area contributed by atoms with Crippen LogP contribution < -0.4 is 0 Å². The molecule has 0 unspecified atom stereocenters. The molecule has 4 rings (SSSR count). The van der Waals surface area contributed by atoms with Gasteiger partial charge < -0.3 is 0 Å². The van der Waals surface area contributed by atoms with Gasteiger partial charge in [-0.3, -0.25) is 0 Å². The molecular formula is C22H14N2. The predicted molar refractivity (Wildman–Crippen MR) is 97.3 cm³/mol. The molecule has 112 valence electrons. The maximum absolute atomic E-state index is 8.92. The van der Waals surface area contributed by atoms with Crippen LogP contribution in [0.25, 0.3) is 33.3 Å². The first-order valence-corrected chi connectivity index (χ1v) is 7.80. The minimum atomic E-state index is 0.672. The molecule has 3 aromatic carbocycles. The maximum Gasteiger partial charge on any atom is 0.0991 e. The molecule has 0 spiro atoms. The van der Waals surface area contributed by atoms with Crippen molar-refractivity contribution in [3.63, 3.8) is 0 Å². The quantitative estimate of drug-likeness (QED) is 0.494. The topological polar surface area (TPSA) is 36.7 Å². The smallest absolute Gasteiger partial charge is 0.0991 e. The van der Waals surface area contributed by atoms with Crippen LogP contribution in [0.15, 0.2) is 84.9 Å². The van der Waals surface area contributed by atoms with Crippen molar-refractivity contribution in [2.45, 2.75) is 0 Å². The van der Waals surface area contributed by atoms with Crippen molar-refractivity contribution in [3.8, 4) is 28.5 Å². The fourth-order valence-electron chi connectivity index (χ4n) is 2.82. The van der Waals surface area contributed by atoms with Crippen molar-refractivity contribution in [2.24, 2.45) is 0 Å². The molecule has 0 saturated heterocycles. The van der Waals surface area contributed by atoms with Gasteiger partial charge in [0.2, 0.25) is 0 Å². The van der Waals surface area contributed by atoms with Crippen LogP contribution in [0.4, 0.5) is 0 Å². The number of nitriles is 1. The van der Waals surface area contributed by atoms with Gasteiger partial charge in [-0.05, 0) is 41.5 Å². The molecule has 0 amide bonds. The van der Waals surface area contributed by atoms with Crippen LogP contribution in [0.5, 0.6) is 0 Å². The van der Waals surface area contributed by atoms with Crippen molar-refractivity contribution in [2.75, 3.05) is 0 Å². The molecule has 0 radical (unpaired) electrons. The van der Waals surface area contributed by atoms with Gasteiger partial charge in [-0.25, -0.2) is 4.98 Å². The first-order chi connectivity index (χ1) is 11.8. The predicted octanol–water partition coefficient (Wildman–Crippen LogP) is 5.44. The van der Waals surface area contributed by atoms with E-state index in [2.05, 4.69) is 42.5 Å². The molecule has 4 aromatic rings. The Kier molecular flexibility index (Phi) is 3.53. The monoisotopic (exact) mass is 306 g/mol. The minimum Gasteiger partial charge on any atom is -0.248 e. The summed E-state index contributed by atoms with van der Waals surface area (Å²) >= 11 is 0. The van der Waals surface area contributed by atoms with Gasteiger partial charge in [0.1, 0.15) is 0 Å². The summed E-state index contributed by atoms with van der Waals surface area (Å²) in [5, 5.41) is 10.1. The van der Waals surface area contributed by atoms with Crippen molar-refractivity contribution < 1.29 is 0 Å². The lowest BCUT2D eigenvalue weighted by atomic mass is 10.0. The van der Waals surface area contributed by atoms with Crippen LogP contribution in [-0.2, 0) is 0 Å². The summed E-state index contributed by atoms with van der Waals surface area (Å²) in [6, 6.07) is 30.4. The van der Waals surface area contributed by atoms with Gasteiger partial charge >= 0.3 is 0 Å². The Hall–Kier alpha value is -3.44. The number of hydrogen-bond donors (Lipinski definition) is 0. The van der Waals surface area contributed by atoms with Gasteiger partial charge in [0.05, 0.1) is 22.8 Å². The van der Waals surface area contributed by atoms with E-state index in [0.29, 0.717) is 5.56 Å². The van der Waals surface area contributed by atoms with Crippen LogP contribution in [0.3, 0.4) is 0 Å². The van der Waals surface area contributed by atoms with Crippen molar-refractivity contribution in [3.05, 3.63) is 90.5 Å². The lowest BCUT2D eigenvalue weighted by molar-refractivity contribution is 1.40. The second kappa shape index (κ2) is 5.98. The molecule has 0 aliphatic carbocycles. The van der Waals surface area contributed by atoms with E-state index in [4.69, 9.17) is 10.2 Å². The zero-order chi connectivity index (χ0) is 16.4. The zero-order valence-corrected chi connectivity index (χ0v) is 13.0. The SMILES string of the molecule is N#Cc1ccc(-c2cccc(-c3ccc4ccccc4n3)c2)cc1. The zero-order valence-electron chi connectivity index (χ0n) is 13.0. The van der Waals surface area contributed by atoms with Crippen LogP contribution in [-0.4, -0.2) is 4.98 Å². The molecule has 24 heavy (non-hydrogen) atoms. The second-order valence-corrected chi connectivity index (χ2v) is 5.66. The van der Waals surface area contributed by atoms with Gasteiger partial charge in [0.15, 0.2) is 0 Å². The van der Waals surface area contributed by atoms with E-state index < -0.39 is 0 Å². The molecule has 0 fully saturated rings. The molecule has 0 bridgehead atoms. The Bertz CT molecular complexity index is 1060. The standard InChI is InChI=1S/C22H14N2/c23-15-16-8-10-17(11-9-16)19-5-3-6-20(14-19)22-13-12-18-4-1-2-7-21(18)24-22/h1-14H. The molecule has 2 nitrogen and oxygen atoms in total.